The number of hydroxylamine groups is 3. The fourth-order valence-electron chi connectivity index (χ4n) is 12.5. The van der Waals surface area contributed by atoms with E-state index in [9.17, 15) is 29.5 Å². The summed E-state index contributed by atoms with van der Waals surface area (Å²) in [5.41, 5.74) is 3.19. The molecular formula is C55H83N2O10+. The summed E-state index contributed by atoms with van der Waals surface area (Å²) in [6.45, 7) is 14.9. The fraction of sp³-hybridized carbons (Fsp3) is 0.709. The lowest BCUT2D eigenvalue weighted by molar-refractivity contribution is -1.06. The van der Waals surface area contributed by atoms with Gasteiger partial charge >= 0.3 is 5.91 Å². The quantitative estimate of drug-likeness (QED) is 0.108. The van der Waals surface area contributed by atoms with Gasteiger partial charge in [-0.2, -0.15) is 0 Å². The van der Waals surface area contributed by atoms with Gasteiger partial charge in [0, 0.05) is 82.0 Å². The summed E-state index contributed by atoms with van der Waals surface area (Å²) >= 11 is 0. The van der Waals surface area contributed by atoms with E-state index >= 15 is 0 Å². The lowest BCUT2D eigenvalue weighted by atomic mass is 9.70. The van der Waals surface area contributed by atoms with Gasteiger partial charge in [-0.3, -0.25) is 14.4 Å². The van der Waals surface area contributed by atoms with E-state index < -0.39 is 52.2 Å². The first-order valence-electron chi connectivity index (χ1n) is 25.6. The third-order valence-electron chi connectivity index (χ3n) is 16.7. The average molecular weight is 932 g/mol. The summed E-state index contributed by atoms with van der Waals surface area (Å²) in [5, 5.41) is 25.5. The third kappa shape index (κ3) is 12.1. The van der Waals surface area contributed by atoms with Crippen LogP contribution in [0, 0.1) is 47.3 Å². The number of ether oxygens (including phenoxy) is 4. The highest BCUT2D eigenvalue weighted by Crippen LogP contribution is 2.41. The zero-order valence-electron chi connectivity index (χ0n) is 42.3. The van der Waals surface area contributed by atoms with Crippen molar-refractivity contribution >= 4 is 34.2 Å². The standard InChI is InChI=1S/C55H83N2O10/c1-11-39-24-33(3)23-34(4)25-51(64-8)45-32-57(63,36(6)27-52(45)65-9)55(62)54(61)43-16-14-13-15-42(43)49(60)30-44(37(7)47(58)31-48(39)59)35(5)26-38-17-20-50(53(28-38)66-10)67-41-18-19-46-40(29-41)21-22-56(46)12-2/h18-19,21-22,24,26,29,34,36-39,42-45,47,50-53,58,63H,11-17,20,23,25,27-28,30-32H2,1-10H3/q+1/b33-24+,35-26?. The van der Waals surface area contributed by atoms with Gasteiger partial charge in [0.05, 0.1) is 30.3 Å². The Balaban J connectivity index is 1.30. The van der Waals surface area contributed by atoms with Crippen LogP contribution in [0.4, 0.5) is 0 Å². The van der Waals surface area contributed by atoms with E-state index in [1.807, 2.05) is 39.8 Å². The highest BCUT2D eigenvalue weighted by molar-refractivity contribution is 6.34. The summed E-state index contributed by atoms with van der Waals surface area (Å²) < 4.78 is 25.9. The number of methoxy groups -OCH3 is 3. The summed E-state index contributed by atoms with van der Waals surface area (Å²) in [6, 6.07) is 7.72. The van der Waals surface area contributed by atoms with Gasteiger partial charge < -0.3 is 28.6 Å². The van der Waals surface area contributed by atoms with Crippen molar-refractivity contribution in [3.63, 3.8) is 0 Å². The van der Waals surface area contributed by atoms with Crippen molar-refractivity contribution in [3.8, 4) is 5.75 Å². The number of piperidine rings is 1. The number of hydrogen-bond donors (Lipinski definition) is 2. The second-order valence-corrected chi connectivity index (χ2v) is 21.2. The van der Waals surface area contributed by atoms with E-state index in [-0.39, 0.29) is 79.0 Å². The van der Waals surface area contributed by atoms with Gasteiger partial charge in [0.1, 0.15) is 36.0 Å². The smallest absolute Gasteiger partial charge is 0.414 e. The molecule has 2 aromatic rings. The maximum Gasteiger partial charge on any atom is 0.414 e. The number of rotatable bonds is 9. The molecule has 2 saturated carbocycles. The van der Waals surface area contributed by atoms with Crippen molar-refractivity contribution in [1.29, 1.82) is 0 Å². The van der Waals surface area contributed by atoms with E-state index in [2.05, 4.69) is 48.9 Å². The van der Waals surface area contributed by atoms with Crippen LogP contribution < -0.4 is 4.74 Å². The number of hydrogen-bond acceptors (Lipinski definition) is 10. The number of Topliss-reactive ketones (excluding diaryl/α,β-unsaturated/α-hetero) is 3. The minimum atomic E-state index is -1.04. The molecule has 1 amide bonds. The number of aliphatic hydroxyl groups excluding tert-OH is 1. The molecule has 6 rings (SSSR count). The first kappa shape index (κ1) is 52.8. The summed E-state index contributed by atoms with van der Waals surface area (Å²) in [5.74, 6) is -3.85. The summed E-state index contributed by atoms with van der Waals surface area (Å²) in [6.07, 6.45) is 11.3. The van der Waals surface area contributed by atoms with E-state index in [1.54, 1.807) is 28.3 Å². The van der Waals surface area contributed by atoms with Crippen LogP contribution in [0.25, 0.3) is 10.9 Å². The van der Waals surface area contributed by atoms with Crippen molar-refractivity contribution in [2.45, 2.75) is 175 Å². The molecule has 2 bridgehead atoms. The molecule has 2 aliphatic heterocycles. The zero-order chi connectivity index (χ0) is 48.7. The van der Waals surface area contributed by atoms with Gasteiger partial charge in [-0.1, -0.05) is 56.9 Å². The molecule has 15 atom stereocenters. The predicted molar refractivity (Wildman–Crippen MR) is 259 cm³/mol. The van der Waals surface area contributed by atoms with Crippen LogP contribution in [0.1, 0.15) is 132 Å². The number of amides is 1. The molecule has 3 fully saturated rings. The number of benzene rings is 1. The van der Waals surface area contributed by atoms with Crippen molar-refractivity contribution in [2.75, 3.05) is 27.9 Å². The monoisotopic (exact) mass is 932 g/mol. The molecule has 67 heavy (non-hydrogen) atoms. The molecule has 1 aromatic heterocycles. The molecule has 12 nitrogen and oxygen atoms in total. The lowest BCUT2D eigenvalue weighted by Gasteiger charge is -2.46. The van der Waals surface area contributed by atoms with Crippen molar-refractivity contribution in [1.82, 2.24) is 4.57 Å². The molecule has 0 radical (unpaired) electrons. The Morgan fingerprint density at radius 3 is 2.18 bits per heavy atom. The molecule has 0 spiro atoms. The number of carbonyl (C=O) groups excluding carboxylic acids is 4. The molecular weight excluding hydrogens is 849 g/mol. The average Bonchev–Trinajstić information content (AvgIpc) is 3.74. The molecule has 15 unspecified atom stereocenters. The Hall–Kier alpha value is -3.52. The Morgan fingerprint density at radius 2 is 1.51 bits per heavy atom. The van der Waals surface area contributed by atoms with E-state index in [4.69, 9.17) is 18.9 Å². The van der Waals surface area contributed by atoms with Crippen LogP contribution in [-0.2, 0) is 39.9 Å². The minimum absolute atomic E-state index is 0.0302. The normalized spacial score (nSPS) is 37.9. The van der Waals surface area contributed by atoms with Crippen LogP contribution >= 0.6 is 0 Å². The molecule has 2 N–H and O–H groups in total. The fourth-order valence-corrected chi connectivity index (χ4v) is 12.5. The molecule has 3 heterocycles. The molecule has 2 aliphatic carbocycles. The molecule has 1 saturated heterocycles. The first-order valence-corrected chi connectivity index (χ1v) is 25.6. The minimum Gasteiger partial charge on any atom is -0.488 e. The second-order valence-electron chi connectivity index (χ2n) is 21.2. The summed E-state index contributed by atoms with van der Waals surface area (Å²) in [4.78, 5) is 58.1. The molecule has 1 aromatic carbocycles. The third-order valence-corrected chi connectivity index (χ3v) is 16.7. The van der Waals surface area contributed by atoms with Crippen LogP contribution in [-0.4, -0.2) is 107 Å². The SMILES string of the molecule is CCC1/C=C(\C)CC(C)CC(OC)C2C[N+](O)(C(=O)C(=O)C3CCCCC3C(=O)CC(C(C)=CC3CCC(Oc4ccc5c(ccn5CC)c4)C(OC)C3)C(C)C(O)CC1=O)C(C)CC2OC. The number of quaternary nitrogens is 1. The maximum absolute atomic E-state index is 14.9. The number of ketones is 3. The summed E-state index contributed by atoms with van der Waals surface area (Å²) in [7, 11) is 4.99. The Bertz CT molecular complexity index is 2090. The first-order chi connectivity index (χ1) is 32.0. The highest BCUT2D eigenvalue weighted by atomic mass is 16.6. The number of carbonyl (C=O) groups is 4. The van der Waals surface area contributed by atoms with E-state index in [0.717, 1.165) is 48.1 Å². The topological polar surface area (TPSA) is 151 Å². The number of aliphatic hydroxyl groups is 1. The molecule has 4 aliphatic rings. The van der Waals surface area contributed by atoms with Gasteiger partial charge in [0.25, 0.3) is 5.78 Å². The Labute approximate surface area is 400 Å². The highest BCUT2D eigenvalue weighted by Gasteiger charge is 2.57. The van der Waals surface area contributed by atoms with Crippen LogP contribution in [0.2, 0.25) is 0 Å². The van der Waals surface area contributed by atoms with E-state index in [1.165, 1.54) is 5.52 Å². The zero-order valence-corrected chi connectivity index (χ0v) is 42.3. The van der Waals surface area contributed by atoms with Crippen molar-refractivity contribution in [3.05, 3.63) is 53.8 Å². The number of aromatic nitrogens is 1. The van der Waals surface area contributed by atoms with E-state index in [0.29, 0.717) is 51.4 Å². The number of fused-ring (bicyclic) bond motifs is 4. The number of allylic oxidation sites excluding steroid dienone is 4. The largest absolute Gasteiger partial charge is 0.488 e. The number of aryl methyl sites for hydroxylation is 1. The van der Waals surface area contributed by atoms with Gasteiger partial charge in [0.2, 0.25) is 0 Å². The molecule has 372 valence electrons. The van der Waals surface area contributed by atoms with Crippen LogP contribution in [0.3, 0.4) is 0 Å². The maximum atomic E-state index is 14.9. The Morgan fingerprint density at radius 1 is 0.821 bits per heavy atom. The second kappa shape index (κ2) is 23.4. The predicted octanol–water partition coefficient (Wildman–Crippen LogP) is 9.65. The van der Waals surface area contributed by atoms with Crippen molar-refractivity contribution in [2.24, 2.45) is 47.3 Å². The van der Waals surface area contributed by atoms with Gasteiger partial charge in [-0.15, -0.1) is 4.65 Å². The van der Waals surface area contributed by atoms with Gasteiger partial charge in [-0.25, -0.2) is 10.0 Å². The van der Waals surface area contributed by atoms with Gasteiger partial charge in [0.15, 0.2) is 0 Å². The Kier molecular flexibility index (Phi) is 18.4. The van der Waals surface area contributed by atoms with Crippen molar-refractivity contribution < 1.29 is 53.1 Å². The molecule has 12 heteroatoms. The number of nitrogens with zero attached hydrogens (tertiary/aromatic N) is 2. The van der Waals surface area contributed by atoms with Gasteiger partial charge in [-0.05, 0) is 127 Å². The lowest BCUT2D eigenvalue weighted by Crippen LogP contribution is -2.67. The van der Waals surface area contributed by atoms with Crippen LogP contribution in [0.15, 0.2) is 53.8 Å². The van der Waals surface area contributed by atoms with Crippen LogP contribution in [0.5, 0.6) is 5.75 Å².